The second-order valence-electron chi connectivity index (χ2n) is 6.17. The van der Waals surface area contributed by atoms with E-state index in [1.54, 1.807) is 6.92 Å². The van der Waals surface area contributed by atoms with Crippen LogP contribution >= 0.6 is 0 Å². The third-order valence-electron chi connectivity index (χ3n) is 4.01. The van der Waals surface area contributed by atoms with Gasteiger partial charge in [0.15, 0.2) is 5.82 Å². The van der Waals surface area contributed by atoms with Gasteiger partial charge in [0.25, 0.3) is 15.9 Å². The minimum Gasteiger partial charge on any atom is -0.360 e. The Kier molecular flexibility index (Phi) is 5.00. The number of carbonyl (C=O) groups excluding carboxylic acids is 1. The molecule has 2 N–H and O–H groups in total. The summed E-state index contributed by atoms with van der Waals surface area (Å²) in [6.45, 7) is 5.49. The van der Waals surface area contributed by atoms with E-state index in [-0.39, 0.29) is 16.6 Å². The SMILES string of the molecule is Cc1cc(NS(=O)(=O)c2ccc(C(=O)Nc3c(C)cccc3C)cc2)no1. The number of aryl methyl sites for hydroxylation is 3. The molecule has 1 heterocycles. The molecular weight excluding hydrogens is 366 g/mol. The van der Waals surface area contributed by atoms with Crippen molar-refractivity contribution in [3.8, 4) is 0 Å². The standard InChI is InChI=1S/C19H19N3O4S/c1-12-5-4-6-13(2)18(12)20-19(23)15-7-9-16(10-8-15)27(24,25)22-17-11-14(3)26-21-17/h4-11H,1-3H3,(H,20,23)(H,21,22). The summed E-state index contributed by atoms with van der Waals surface area (Å²) in [5.41, 5.74) is 3.01. The maximum absolute atomic E-state index is 12.5. The number of nitrogens with zero attached hydrogens (tertiary/aromatic N) is 1. The van der Waals surface area contributed by atoms with Crippen LogP contribution in [0.1, 0.15) is 27.2 Å². The van der Waals surface area contributed by atoms with Crippen molar-refractivity contribution in [2.75, 3.05) is 10.0 Å². The van der Waals surface area contributed by atoms with Gasteiger partial charge in [-0.2, -0.15) is 0 Å². The van der Waals surface area contributed by atoms with Crippen LogP contribution in [0, 0.1) is 20.8 Å². The number of hydrogen-bond donors (Lipinski definition) is 2. The van der Waals surface area contributed by atoms with Crippen molar-refractivity contribution < 1.29 is 17.7 Å². The number of para-hydroxylation sites is 1. The summed E-state index contributed by atoms with van der Waals surface area (Å²) >= 11 is 0. The Morgan fingerprint density at radius 3 is 2.19 bits per heavy atom. The molecule has 0 aliphatic heterocycles. The van der Waals surface area contributed by atoms with Crippen molar-refractivity contribution in [3.05, 3.63) is 71.0 Å². The first-order valence-corrected chi connectivity index (χ1v) is 9.68. The largest absolute Gasteiger partial charge is 0.360 e. The number of amides is 1. The molecule has 1 amide bonds. The lowest BCUT2D eigenvalue weighted by Gasteiger charge is -2.12. The zero-order valence-corrected chi connectivity index (χ0v) is 15.9. The van der Waals surface area contributed by atoms with Gasteiger partial charge in [0, 0.05) is 17.3 Å². The first-order chi connectivity index (χ1) is 12.8. The molecule has 0 saturated heterocycles. The van der Waals surface area contributed by atoms with Gasteiger partial charge < -0.3 is 9.84 Å². The molecule has 0 aliphatic carbocycles. The topological polar surface area (TPSA) is 101 Å². The first-order valence-electron chi connectivity index (χ1n) is 8.20. The Balaban J connectivity index is 1.77. The van der Waals surface area contributed by atoms with Crippen LogP contribution in [0.3, 0.4) is 0 Å². The van der Waals surface area contributed by atoms with Gasteiger partial charge in [-0.15, -0.1) is 0 Å². The summed E-state index contributed by atoms with van der Waals surface area (Å²) in [6, 6.07) is 12.9. The molecule has 3 rings (SSSR count). The molecule has 140 valence electrons. The summed E-state index contributed by atoms with van der Waals surface area (Å²) in [5.74, 6) is 0.284. The maximum Gasteiger partial charge on any atom is 0.263 e. The molecule has 0 fully saturated rings. The molecule has 0 spiro atoms. The predicted octanol–water partition coefficient (Wildman–Crippen LogP) is 3.65. The first kappa shape index (κ1) is 18.7. The summed E-state index contributed by atoms with van der Waals surface area (Å²) in [4.78, 5) is 12.5. The summed E-state index contributed by atoms with van der Waals surface area (Å²) in [5, 5.41) is 6.48. The Labute approximate surface area is 157 Å². The van der Waals surface area contributed by atoms with E-state index in [0.717, 1.165) is 16.8 Å². The molecule has 0 saturated carbocycles. The van der Waals surface area contributed by atoms with Crippen molar-refractivity contribution in [1.82, 2.24) is 5.16 Å². The molecule has 1 aromatic heterocycles. The smallest absolute Gasteiger partial charge is 0.263 e. The Hall–Kier alpha value is -3.13. The summed E-state index contributed by atoms with van der Waals surface area (Å²) in [7, 11) is -3.82. The number of sulfonamides is 1. The lowest BCUT2D eigenvalue weighted by molar-refractivity contribution is 0.102. The number of benzene rings is 2. The molecule has 0 atom stereocenters. The van der Waals surface area contributed by atoms with Crippen LogP contribution in [0.2, 0.25) is 0 Å². The molecule has 2 aromatic carbocycles. The van der Waals surface area contributed by atoms with Crippen molar-refractivity contribution >= 4 is 27.4 Å². The van der Waals surface area contributed by atoms with E-state index in [0.29, 0.717) is 11.3 Å². The van der Waals surface area contributed by atoms with Crippen molar-refractivity contribution in [1.29, 1.82) is 0 Å². The van der Waals surface area contributed by atoms with E-state index in [2.05, 4.69) is 15.2 Å². The molecule has 0 bridgehead atoms. The van der Waals surface area contributed by atoms with E-state index < -0.39 is 10.0 Å². The molecule has 8 heteroatoms. The van der Waals surface area contributed by atoms with Crippen LogP contribution < -0.4 is 10.0 Å². The van der Waals surface area contributed by atoms with Crippen LogP contribution in [0.25, 0.3) is 0 Å². The zero-order chi connectivity index (χ0) is 19.6. The third kappa shape index (κ3) is 4.17. The van der Waals surface area contributed by atoms with Crippen LogP contribution in [0.15, 0.2) is 57.9 Å². The van der Waals surface area contributed by atoms with Crippen molar-refractivity contribution in [3.63, 3.8) is 0 Å². The van der Waals surface area contributed by atoms with Gasteiger partial charge in [0.1, 0.15) is 5.76 Å². The predicted molar refractivity (Wildman–Crippen MR) is 102 cm³/mol. The minimum atomic E-state index is -3.82. The minimum absolute atomic E-state index is 0.0202. The van der Waals surface area contributed by atoms with Crippen LogP contribution in [-0.4, -0.2) is 19.5 Å². The third-order valence-corrected chi connectivity index (χ3v) is 5.38. The van der Waals surface area contributed by atoms with Crippen molar-refractivity contribution in [2.45, 2.75) is 25.7 Å². The maximum atomic E-state index is 12.5. The van der Waals surface area contributed by atoms with E-state index in [9.17, 15) is 13.2 Å². The highest BCUT2D eigenvalue weighted by Crippen LogP contribution is 2.21. The second kappa shape index (κ2) is 7.24. The highest BCUT2D eigenvalue weighted by molar-refractivity contribution is 7.92. The Morgan fingerprint density at radius 1 is 1.00 bits per heavy atom. The van der Waals surface area contributed by atoms with Gasteiger partial charge in [-0.05, 0) is 56.2 Å². The normalized spacial score (nSPS) is 11.2. The lowest BCUT2D eigenvalue weighted by Crippen LogP contribution is -2.15. The van der Waals surface area contributed by atoms with E-state index >= 15 is 0 Å². The van der Waals surface area contributed by atoms with Crippen LogP contribution in [0.4, 0.5) is 11.5 Å². The highest BCUT2D eigenvalue weighted by Gasteiger charge is 2.17. The second-order valence-corrected chi connectivity index (χ2v) is 7.86. The molecule has 0 unspecified atom stereocenters. The fraction of sp³-hybridized carbons (Fsp3) is 0.158. The van der Waals surface area contributed by atoms with Crippen LogP contribution in [0.5, 0.6) is 0 Å². The number of rotatable bonds is 5. The molecule has 0 aliphatic rings. The van der Waals surface area contributed by atoms with Gasteiger partial charge >= 0.3 is 0 Å². The molecule has 3 aromatic rings. The number of carbonyl (C=O) groups is 1. The number of hydrogen-bond acceptors (Lipinski definition) is 5. The fourth-order valence-electron chi connectivity index (χ4n) is 2.59. The highest BCUT2D eigenvalue weighted by atomic mass is 32.2. The van der Waals surface area contributed by atoms with E-state index in [4.69, 9.17) is 4.52 Å². The lowest BCUT2D eigenvalue weighted by atomic mass is 10.1. The quantitative estimate of drug-likeness (QED) is 0.698. The van der Waals surface area contributed by atoms with E-state index in [1.165, 1.54) is 30.3 Å². The monoisotopic (exact) mass is 385 g/mol. The summed E-state index contributed by atoms with van der Waals surface area (Å²) in [6.07, 6.45) is 0. The molecular formula is C19H19N3O4S. The zero-order valence-electron chi connectivity index (χ0n) is 15.1. The van der Waals surface area contributed by atoms with Crippen molar-refractivity contribution in [2.24, 2.45) is 0 Å². The van der Waals surface area contributed by atoms with Gasteiger partial charge in [0.2, 0.25) is 0 Å². The average Bonchev–Trinajstić information content (AvgIpc) is 3.02. The van der Waals surface area contributed by atoms with Crippen LogP contribution in [-0.2, 0) is 10.0 Å². The Morgan fingerprint density at radius 2 is 1.63 bits per heavy atom. The molecule has 27 heavy (non-hydrogen) atoms. The molecule has 7 nitrogen and oxygen atoms in total. The van der Waals surface area contributed by atoms with Gasteiger partial charge in [-0.3, -0.25) is 9.52 Å². The average molecular weight is 385 g/mol. The number of aromatic nitrogens is 1. The van der Waals surface area contributed by atoms with Gasteiger partial charge in [0.05, 0.1) is 4.90 Å². The van der Waals surface area contributed by atoms with Gasteiger partial charge in [-0.25, -0.2) is 8.42 Å². The number of anilines is 2. The Bertz CT molecular complexity index is 1070. The summed E-state index contributed by atoms with van der Waals surface area (Å²) < 4.78 is 31.9. The van der Waals surface area contributed by atoms with E-state index in [1.807, 2.05) is 32.0 Å². The number of nitrogens with one attached hydrogen (secondary N) is 2. The molecule has 0 radical (unpaired) electrons. The fourth-order valence-corrected chi connectivity index (χ4v) is 3.58. The van der Waals surface area contributed by atoms with Gasteiger partial charge in [-0.1, -0.05) is 23.4 Å².